The molecule has 3 heteroatoms. The minimum absolute atomic E-state index is 0.133. The van der Waals surface area contributed by atoms with Crippen LogP contribution in [-0.4, -0.2) is 11.9 Å². The van der Waals surface area contributed by atoms with Gasteiger partial charge in [-0.05, 0) is 36.3 Å². The lowest BCUT2D eigenvalue weighted by Crippen LogP contribution is -2.32. The highest BCUT2D eigenvalue weighted by Crippen LogP contribution is 2.21. The largest absolute Gasteiger partial charge is 0.349 e. The van der Waals surface area contributed by atoms with E-state index in [0.29, 0.717) is 6.04 Å². The van der Waals surface area contributed by atoms with Crippen LogP contribution in [0, 0.1) is 0 Å². The second kappa shape index (κ2) is 4.79. The molecule has 1 saturated carbocycles. The molecular weight excluding hydrogens is 206 g/mol. The van der Waals surface area contributed by atoms with E-state index in [2.05, 4.69) is 12.2 Å². The van der Waals surface area contributed by atoms with E-state index in [0.717, 1.165) is 24.1 Å². The van der Waals surface area contributed by atoms with Crippen LogP contribution in [0.1, 0.15) is 47.8 Å². The van der Waals surface area contributed by atoms with Crippen molar-refractivity contribution in [2.24, 2.45) is 0 Å². The van der Waals surface area contributed by atoms with E-state index in [1.165, 1.54) is 18.4 Å². The first-order chi connectivity index (χ1) is 7.31. The van der Waals surface area contributed by atoms with Gasteiger partial charge in [-0.3, -0.25) is 4.79 Å². The summed E-state index contributed by atoms with van der Waals surface area (Å²) in [6.45, 7) is 2.09. The van der Waals surface area contributed by atoms with Gasteiger partial charge in [0.2, 0.25) is 0 Å². The van der Waals surface area contributed by atoms with Gasteiger partial charge in [-0.1, -0.05) is 19.8 Å². The molecule has 2 nitrogen and oxygen atoms in total. The van der Waals surface area contributed by atoms with E-state index in [4.69, 9.17) is 0 Å². The Kier molecular flexibility index (Phi) is 3.41. The van der Waals surface area contributed by atoms with Gasteiger partial charge in [-0.15, -0.1) is 11.3 Å². The lowest BCUT2D eigenvalue weighted by molar-refractivity contribution is 0.0941. The topological polar surface area (TPSA) is 29.1 Å². The molecule has 2 rings (SSSR count). The summed E-state index contributed by atoms with van der Waals surface area (Å²) in [4.78, 5) is 12.8. The number of rotatable bonds is 3. The highest BCUT2D eigenvalue weighted by Gasteiger charge is 2.19. The van der Waals surface area contributed by atoms with Crippen LogP contribution in [0.25, 0.3) is 0 Å². The molecule has 1 amide bonds. The van der Waals surface area contributed by atoms with Crippen molar-refractivity contribution in [1.82, 2.24) is 5.32 Å². The molecule has 1 N–H and O–H groups in total. The third kappa shape index (κ3) is 2.40. The predicted molar refractivity (Wildman–Crippen MR) is 63.4 cm³/mol. The van der Waals surface area contributed by atoms with Crippen LogP contribution in [0.3, 0.4) is 0 Å². The van der Waals surface area contributed by atoms with Crippen molar-refractivity contribution in [2.75, 3.05) is 0 Å². The molecule has 0 spiro atoms. The number of nitrogens with one attached hydrogen (secondary N) is 1. The molecule has 1 aromatic heterocycles. The molecule has 1 heterocycles. The fourth-order valence-corrected chi connectivity index (χ4v) is 3.03. The zero-order chi connectivity index (χ0) is 10.7. The highest BCUT2D eigenvalue weighted by atomic mass is 32.1. The first kappa shape index (κ1) is 10.7. The van der Waals surface area contributed by atoms with Gasteiger partial charge in [0, 0.05) is 6.04 Å². The number of hydrogen-bond acceptors (Lipinski definition) is 2. The summed E-state index contributed by atoms with van der Waals surface area (Å²) in [6.07, 6.45) is 5.76. The van der Waals surface area contributed by atoms with Crippen LogP contribution in [-0.2, 0) is 6.42 Å². The standard InChI is InChI=1S/C12H17NOS/c1-2-9-7-8-15-11(9)12(14)13-10-5-3-4-6-10/h7-8,10H,2-6H2,1H3,(H,13,14). The molecular formula is C12H17NOS. The SMILES string of the molecule is CCc1ccsc1C(=O)NC1CCCC1. The predicted octanol–water partition coefficient (Wildman–Crippen LogP) is 2.98. The third-order valence-corrected chi connectivity index (χ3v) is 3.98. The van der Waals surface area contributed by atoms with Gasteiger partial charge >= 0.3 is 0 Å². The summed E-state index contributed by atoms with van der Waals surface area (Å²) >= 11 is 1.55. The van der Waals surface area contributed by atoms with Crippen molar-refractivity contribution in [1.29, 1.82) is 0 Å². The monoisotopic (exact) mass is 223 g/mol. The molecule has 15 heavy (non-hydrogen) atoms. The van der Waals surface area contributed by atoms with Crippen LogP contribution in [0.2, 0.25) is 0 Å². The Morgan fingerprint density at radius 1 is 1.53 bits per heavy atom. The van der Waals surface area contributed by atoms with Crippen LogP contribution in [0.4, 0.5) is 0 Å². The maximum atomic E-state index is 11.9. The van der Waals surface area contributed by atoms with Crippen LogP contribution in [0.5, 0.6) is 0 Å². The van der Waals surface area contributed by atoms with Crippen molar-refractivity contribution in [2.45, 2.75) is 45.1 Å². The van der Waals surface area contributed by atoms with Crippen LogP contribution in [0.15, 0.2) is 11.4 Å². The van der Waals surface area contributed by atoms with Gasteiger partial charge in [0.25, 0.3) is 5.91 Å². The summed E-state index contributed by atoms with van der Waals surface area (Å²) in [6, 6.07) is 2.47. The zero-order valence-electron chi connectivity index (χ0n) is 9.08. The lowest BCUT2D eigenvalue weighted by Gasteiger charge is -2.11. The van der Waals surface area contributed by atoms with Crippen molar-refractivity contribution < 1.29 is 4.79 Å². The van der Waals surface area contributed by atoms with Crippen molar-refractivity contribution in [3.05, 3.63) is 21.9 Å². The average Bonchev–Trinajstić information content (AvgIpc) is 2.86. The lowest BCUT2D eigenvalue weighted by atomic mass is 10.2. The van der Waals surface area contributed by atoms with Crippen molar-refractivity contribution in [3.63, 3.8) is 0 Å². The van der Waals surface area contributed by atoms with Gasteiger partial charge in [0.05, 0.1) is 4.88 Å². The smallest absolute Gasteiger partial charge is 0.261 e. The molecule has 0 radical (unpaired) electrons. The Bertz CT molecular complexity index is 339. The quantitative estimate of drug-likeness (QED) is 0.838. The van der Waals surface area contributed by atoms with E-state index in [1.807, 2.05) is 11.4 Å². The first-order valence-corrected chi connectivity index (χ1v) is 6.56. The summed E-state index contributed by atoms with van der Waals surface area (Å²) < 4.78 is 0. The molecule has 0 aromatic carbocycles. The van der Waals surface area contributed by atoms with Gasteiger partial charge in [-0.2, -0.15) is 0 Å². The number of hydrogen-bond donors (Lipinski definition) is 1. The zero-order valence-corrected chi connectivity index (χ0v) is 9.90. The highest BCUT2D eigenvalue weighted by molar-refractivity contribution is 7.12. The van der Waals surface area contributed by atoms with E-state index in [1.54, 1.807) is 11.3 Å². The molecule has 0 unspecified atom stereocenters. The summed E-state index contributed by atoms with van der Waals surface area (Å²) in [5.41, 5.74) is 1.18. The molecule has 1 aromatic rings. The second-order valence-electron chi connectivity index (χ2n) is 4.08. The fourth-order valence-electron chi connectivity index (χ4n) is 2.13. The minimum atomic E-state index is 0.133. The Morgan fingerprint density at radius 3 is 2.93 bits per heavy atom. The first-order valence-electron chi connectivity index (χ1n) is 5.68. The van der Waals surface area contributed by atoms with Crippen LogP contribution >= 0.6 is 11.3 Å². The van der Waals surface area contributed by atoms with Gasteiger partial charge < -0.3 is 5.32 Å². The average molecular weight is 223 g/mol. The molecule has 0 atom stereocenters. The summed E-state index contributed by atoms with van der Waals surface area (Å²) in [5, 5.41) is 5.13. The number of thiophene rings is 1. The second-order valence-corrected chi connectivity index (χ2v) is 5.00. The number of carbonyl (C=O) groups is 1. The third-order valence-electron chi connectivity index (χ3n) is 3.02. The summed E-state index contributed by atoms with van der Waals surface area (Å²) in [7, 11) is 0. The number of carbonyl (C=O) groups excluding carboxylic acids is 1. The Balaban J connectivity index is 2.00. The maximum Gasteiger partial charge on any atom is 0.261 e. The van der Waals surface area contributed by atoms with Crippen molar-refractivity contribution in [3.8, 4) is 0 Å². The maximum absolute atomic E-state index is 11.9. The Morgan fingerprint density at radius 2 is 2.27 bits per heavy atom. The molecule has 0 bridgehead atoms. The Hall–Kier alpha value is -0.830. The molecule has 1 aliphatic carbocycles. The van der Waals surface area contributed by atoms with Crippen molar-refractivity contribution >= 4 is 17.2 Å². The fraction of sp³-hybridized carbons (Fsp3) is 0.583. The normalized spacial score (nSPS) is 16.9. The van der Waals surface area contributed by atoms with Gasteiger partial charge in [0.15, 0.2) is 0 Å². The van der Waals surface area contributed by atoms with E-state index < -0.39 is 0 Å². The van der Waals surface area contributed by atoms with E-state index >= 15 is 0 Å². The minimum Gasteiger partial charge on any atom is -0.349 e. The van der Waals surface area contributed by atoms with Gasteiger partial charge in [0.1, 0.15) is 0 Å². The molecule has 0 saturated heterocycles. The molecule has 1 aliphatic rings. The molecule has 1 fully saturated rings. The Labute approximate surface area is 94.7 Å². The number of amides is 1. The molecule has 82 valence electrons. The summed E-state index contributed by atoms with van der Waals surface area (Å²) in [5.74, 6) is 0.133. The van der Waals surface area contributed by atoms with Crippen LogP contribution < -0.4 is 5.32 Å². The van der Waals surface area contributed by atoms with E-state index in [9.17, 15) is 4.79 Å². The molecule has 0 aliphatic heterocycles. The van der Waals surface area contributed by atoms with Gasteiger partial charge in [-0.25, -0.2) is 0 Å². The number of aryl methyl sites for hydroxylation is 1. The van der Waals surface area contributed by atoms with E-state index in [-0.39, 0.29) is 5.91 Å².